The van der Waals surface area contributed by atoms with Gasteiger partial charge in [-0.25, -0.2) is 5.26 Å². The van der Waals surface area contributed by atoms with Gasteiger partial charge >= 0.3 is 0 Å². The molecule has 0 aliphatic rings. The average molecular weight is 128 g/mol. The van der Waals surface area contributed by atoms with Crippen LogP contribution in [0.2, 0.25) is 0 Å². The molecule has 0 unspecified atom stereocenters. The van der Waals surface area contributed by atoms with Crippen molar-refractivity contribution in [1.82, 2.24) is 0 Å². The van der Waals surface area contributed by atoms with E-state index >= 15 is 0 Å². The maximum atomic E-state index is 8.28. The predicted octanol–water partition coefficient (Wildman–Crippen LogP) is 0.806. The first-order valence-corrected chi connectivity index (χ1v) is 3.12. The van der Waals surface area contributed by atoms with Crippen molar-refractivity contribution in [1.29, 1.82) is 5.26 Å². The van der Waals surface area contributed by atoms with E-state index in [2.05, 4.69) is 0 Å². The standard InChI is InChI=1S/C8H7BN/c1-7-2-4-8(5-3-7)9-6-10/h2-5H,1H3. The van der Waals surface area contributed by atoms with Gasteiger partial charge in [0.25, 0.3) is 7.28 Å². The van der Waals surface area contributed by atoms with Crippen molar-refractivity contribution >= 4 is 12.7 Å². The lowest BCUT2D eigenvalue weighted by Crippen LogP contribution is -2.10. The maximum Gasteiger partial charge on any atom is 0.291 e. The first-order valence-electron chi connectivity index (χ1n) is 3.12. The summed E-state index contributed by atoms with van der Waals surface area (Å²) in [6, 6.07) is 7.84. The third-order valence-electron chi connectivity index (χ3n) is 1.31. The number of nitrogens with zero attached hydrogens (tertiary/aromatic N) is 1. The van der Waals surface area contributed by atoms with Crippen molar-refractivity contribution in [2.24, 2.45) is 0 Å². The van der Waals surface area contributed by atoms with Crippen LogP contribution in [0.3, 0.4) is 0 Å². The highest BCUT2D eigenvalue weighted by atomic mass is 14.2. The number of hydrogen-bond acceptors (Lipinski definition) is 1. The molecule has 2 heteroatoms. The summed E-state index contributed by atoms with van der Waals surface area (Å²) in [5.74, 6) is 1.98. The summed E-state index contributed by atoms with van der Waals surface area (Å²) in [4.78, 5) is 0. The predicted molar refractivity (Wildman–Crippen MR) is 42.2 cm³/mol. The molecule has 0 aliphatic carbocycles. The zero-order chi connectivity index (χ0) is 7.40. The quantitative estimate of drug-likeness (QED) is 0.513. The van der Waals surface area contributed by atoms with Gasteiger partial charge in [-0.3, -0.25) is 0 Å². The molecule has 1 aromatic rings. The van der Waals surface area contributed by atoms with Gasteiger partial charge in [-0.2, -0.15) is 0 Å². The van der Waals surface area contributed by atoms with E-state index in [4.69, 9.17) is 5.26 Å². The van der Waals surface area contributed by atoms with E-state index in [9.17, 15) is 0 Å². The lowest BCUT2D eigenvalue weighted by molar-refractivity contribution is 1.49. The molecule has 1 aromatic carbocycles. The summed E-state index contributed by atoms with van der Waals surface area (Å²) in [6.45, 7) is 2.02. The fourth-order valence-corrected chi connectivity index (χ4v) is 0.737. The van der Waals surface area contributed by atoms with Gasteiger partial charge in [0.15, 0.2) is 0 Å². The summed E-state index contributed by atoms with van der Waals surface area (Å²) in [6.07, 6.45) is 0. The van der Waals surface area contributed by atoms with Crippen molar-refractivity contribution in [2.45, 2.75) is 6.92 Å². The van der Waals surface area contributed by atoms with Crippen LogP contribution in [0.4, 0.5) is 0 Å². The van der Waals surface area contributed by atoms with E-state index in [1.807, 2.05) is 37.2 Å². The Labute approximate surface area is 61.5 Å². The van der Waals surface area contributed by atoms with Gasteiger partial charge in [-0.15, -0.1) is 0 Å². The van der Waals surface area contributed by atoms with Crippen molar-refractivity contribution in [2.75, 3.05) is 0 Å². The summed E-state index contributed by atoms with van der Waals surface area (Å²) in [5, 5.41) is 8.28. The van der Waals surface area contributed by atoms with Gasteiger partial charge in [-0.05, 0) is 6.92 Å². The van der Waals surface area contributed by atoms with E-state index < -0.39 is 0 Å². The molecule has 1 nitrogen and oxygen atoms in total. The molecular weight excluding hydrogens is 121 g/mol. The number of aryl methyl sites for hydroxylation is 1. The molecule has 10 heavy (non-hydrogen) atoms. The minimum Gasteiger partial charge on any atom is -0.213 e. The molecule has 47 valence electrons. The minimum atomic E-state index is 0.966. The van der Waals surface area contributed by atoms with Gasteiger partial charge < -0.3 is 0 Å². The number of nitriles is 1. The summed E-state index contributed by atoms with van der Waals surface area (Å²) < 4.78 is 0. The van der Waals surface area contributed by atoms with Gasteiger partial charge in [-0.1, -0.05) is 35.3 Å². The zero-order valence-corrected chi connectivity index (χ0v) is 5.83. The summed E-state index contributed by atoms with van der Waals surface area (Å²) in [5.41, 5.74) is 2.18. The van der Waals surface area contributed by atoms with Gasteiger partial charge in [0.05, 0.1) is 0 Å². The number of rotatable bonds is 1. The monoisotopic (exact) mass is 128 g/mol. The topological polar surface area (TPSA) is 23.8 Å². The molecule has 0 amide bonds. The van der Waals surface area contributed by atoms with Crippen LogP contribution in [0.25, 0.3) is 0 Å². The summed E-state index contributed by atoms with van der Waals surface area (Å²) >= 11 is 0. The Morgan fingerprint density at radius 3 is 2.40 bits per heavy atom. The largest absolute Gasteiger partial charge is 0.291 e. The Balaban J connectivity index is 2.81. The molecule has 0 saturated carbocycles. The highest BCUT2D eigenvalue weighted by Gasteiger charge is 1.91. The highest BCUT2D eigenvalue weighted by Crippen LogP contribution is 1.91. The van der Waals surface area contributed by atoms with Gasteiger partial charge in [0, 0.05) is 5.97 Å². The molecule has 0 aliphatic heterocycles. The molecule has 0 atom stereocenters. The molecule has 1 radical (unpaired) electrons. The fraction of sp³-hybridized carbons (Fsp3) is 0.125. The third kappa shape index (κ3) is 1.63. The lowest BCUT2D eigenvalue weighted by Gasteiger charge is -1.92. The first kappa shape index (κ1) is 6.89. The van der Waals surface area contributed by atoms with E-state index in [1.54, 1.807) is 0 Å². The Kier molecular flexibility index (Phi) is 2.12. The van der Waals surface area contributed by atoms with Crippen LogP contribution >= 0.6 is 0 Å². The van der Waals surface area contributed by atoms with Crippen molar-refractivity contribution in [3.05, 3.63) is 29.8 Å². The van der Waals surface area contributed by atoms with E-state index in [1.165, 1.54) is 12.8 Å². The number of benzene rings is 1. The van der Waals surface area contributed by atoms with Crippen LogP contribution in [0, 0.1) is 18.2 Å². The zero-order valence-electron chi connectivity index (χ0n) is 5.83. The lowest BCUT2D eigenvalue weighted by atomic mass is 9.72. The molecule has 0 fully saturated rings. The van der Waals surface area contributed by atoms with Crippen molar-refractivity contribution < 1.29 is 0 Å². The van der Waals surface area contributed by atoms with Crippen LogP contribution < -0.4 is 5.46 Å². The van der Waals surface area contributed by atoms with Crippen LogP contribution in [-0.2, 0) is 0 Å². The van der Waals surface area contributed by atoms with E-state index in [0.717, 1.165) is 5.46 Å². The molecule has 0 saturated heterocycles. The SMILES string of the molecule is Cc1ccc([B]C#N)cc1. The van der Waals surface area contributed by atoms with Crippen LogP contribution in [0.5, 0.6) is 0 Å². The maximum absolute atomic E-state index is 8.28. The second kappa shape index (κ2) is 3.07. The van der Waals surface area contributed by atoms with Crippen LogP contribution in [0.1, 0.15) is 5.56 Å². The first-order chi connectivity index (χ1) is 4.83. The molecule has 0 bridgehead atoms. The fourth-order valence-electron chi connectivity index (χ4n) is 0.737. The Bertz CT molecular complexity index is 245. The third-order valence-corrected chi connectivity index (χ3v) is 1.31. The van der Waals surface area contributed by atoms with Crippen LogP contribution in [-0.4, -0.2) is 7.28 Å². The minimum absolute atomic E-state index is 0.966. The van der Waals surface area contributed by atoms with Crippen molar-refractivity contribution in [3.63, 3.8) is 0 Å². The molecule has 0 spiro atoms. The van der Waals surface area contributed by atoms with Gasteiger partial charge in [0.1, 0.15) is 0 Å². The Hall–Kier alpha value is -1.23. The normalized spacial score (nSPS) is 8.40. The van der Waals surface area contributed by atoms with E-state index in [-0.39, 0.29) is 0 Å². The molecule has 0 N–H and O–H groups in total. The average Bonchev–Trinajstić information content (AvgIpc) is 1.95. The second-order valence-electron chi connectivity index (χ2n) is 2.18. The Morgan fingerprint density at radius 2 is 1.90 bits per heavy atom. The molecule has 1 rings (SSSR count). The molecule has 0 heterocycles. The van der Waals surface area contributed by atoms with E-state index in [0.29, 0.717) is 0 Å². The highest BCUT2D eigenvalue weighted by molar-refractivity contribution is 6.60. The molecule has 0 aromatic heterocycles. The number of hydrogen-bond donors (Lipinski definition) is 0. The second-order valence-corrected chi connectivity index (χ2v) is 2.18. The van der Waals surface area contributed by atoms with Crippen molar-refractivity contribution in [3.8, 4) is 5.97 Å². The Morgan fingerprint density at radius 1 is 1.30 bits per heavy atom. The smallest absolute Gasteiger partial charge is 0.213 e. The summed E-state index contributed by atoms with van der Waals surface area (Å²) in [7, 11) is 1.53. The molecular formula is C8H7BN. The van der Waals surface area contributed by atoms with Crippen LogP contribution in [0.15, 0.2) is 24.3 Å². The van der Waals surface area contributed by atoms with Gasteiger partial charge in [0.2, 0.25) is 0 Å².